The van der Waals surface area contributed by atoms with Gasteiger partial charge in [0.2, 0.25) is 0 Å². The predicted octanol–water partition coefficient (Wildman–Crippen LogP) is 3.63. The molecule has 0 atom stereocenters. The highest BCUT2D eigenvalue weighted by Crippen LogP contribution is 2.36. The third kappa shape index (κ3) is 2.04. The molecule has 0 unspecified atom stereocenters. The molecule has 0 N–H and O–H groups in total. The standard InChI is InChI=1S/C7H4Cl2F2/c8-6-4-2-1-3-5(6)7(9,10)11/h1-4H. The second kappa shape index (κ2) is 2.95. The van der Waals surface area contributed by atoms with Gasteiger partial charge >= 0.3 is 5.38 Å². The van der Waals surface area contributed by atoms with Crippen molar-refractivity contribution >= 4 is 23.2 Å². The SMILES string of the molecule is FC(F)(Cl)c1ccccc1Cl. The molecule has 60 valence electrons. The van der Waals surface area contributed by atoms with E-state index in [0.717, 1.165) is 0 Å². The molecule has 1 aromatic carbocycles. The zero-order valence-corrected chi connectivity index (χ0v) is 6.83. The molecular formula is C7H4Cl2F2. The van der Waals surface area contributed by atoms with E-state index in [0.29, 0.717) is 0 Å². The molecule has 1 aromatic rings. The molecule has 0 aromatic heterocycles. The highest BCUT2D eigenvalue weighted by atomic mass is 35.5. The Hall–Kier alpha value is -0.340. The van der Waals surface area contributed by atoms with E-state index in [1.807, 2.05) is 0 Å². The fraction of sp³-hybridized carbons (Fsp3) is 0.143. The van der Waals surface area contributed by atoms with Crippen LogP contribution in [0.4, 0.5) is 8.78 Å². The maximum Gasteiger partial charge on any atom is 0.349 e. The average Bonchev–Trinajstić information content (AvgIpc) is 1.86. The first-order chi connectivity index (χ1) is 5.02. The second-order valence-electron chi connectivity index (χ2n) is 1.98. The van der Waals surface area contributed by atoms with Gasteiger partial charge in [-0.2, -0.15) is 8.78 Å². The lowest BCUT2D eigenvalue weighted by atomic mass is 10.2. The van der Waals surface area contributed by atoms with E-state index in [4.69, 9.17) is 23.2 Å². The van der Waals surface area contributed by atoms with Gasteiger partial charge in [0.25, 0.3) is 0 Å². The highest BCUT2D eigenvalue weighted by molar-refractivity contribution is 6.33. The van der Waals surface area contributed by atoms with Crippen LogP contribution in [-0.4, -0.2) is 0 Å². The zero-order valence-electron chi connectivity index (χ0n) is 5.32. The molecule has 4 heteroatoms. The van der Waals surface area contributed by atoms with Crippen molar-refractivity contribution in [3.05, 3.63) is 34.9 Å². The molecule has 0 radical (unpaired) electrons. The second-order valence-corrected chi connectivity index (χ2v) is 2.86. The summed E-state index contributed by atoms with van der Waals surface area (Å²) >= 11 is 10.2. The Kier molecular flexibility index (Phi) is 2.35. The summed E-state index contributed by atoms with van der Waals surface area (Å²) in [6, 6.07) is 5.58. The smallest absolute Gasteiger partial charge is 0.183 e. The quantitative estimate of drug-likeness (QED) is 0.603. The van der Waals surface area contributed by atoms with Crippen molar-refractivity contribution in [2.75, 3.05) is 0 Å². The van der Waals surface area contributed by atoms with Gasteiger partial charge in [0.1, 0.15) is 0 Å². The van der Waals surface area contributed by atoms with Gasteiger partial charge in [0.05, 0.1) is 10.6 Å². The Labute approximate surface area is 72.7 Å². The molecule has 0 fully saturated rings. The number of rotatable bonds is 1. The number of hydrogen-bond donors (Lipinski definition) is 0. The number of hydrogen-bond acceptors (Lipinski definition) is 0. The molecule has 0 nitrogen and oxygen atoms in total. The van der Waals surface area contributed by atoms with Crippen LogP contribution in [0, 0.1) is 0 Å². The Morgan fingerprint density at radius 2 is 1.73 bits per heavy atom. The fourth-order valence-corrected chi connectivity index (χ4v) is 1.16. The summed E-state index contributed by atoms with van der Waals surface area (Å²) in [6.07, 6.45) is 0. The molecule has 0 bridgehead atoms. The van der Waals surface area contributed by atoms with E-state index in [9.17, 15) is 8.78 Å². The van der Waals surface area contributed by atoms with E-state index in [2.05, 4.69) is 0 Å². The zero-order chi connectivity index (χ0) is 8.48. The lowest BCUT2D eigenvalue weighted by Crippen LogP contribution is -2.03. The third-order valence-electron chi connectivity index (χ3n) is 1.18. The normalized spacial score (nSPS) is 11.6. The Morgan fingerprint density at radius 1 is 1.18 bits per heavy atom. The molecular weight excluding hydrogens is 193 g/mol. The molecule has 0 amide bonds. The van der Waals surface area contributed by atoms with Crippen molar-refractivity contribution < 1.29 is 8.78 Å². The monoisotopic (exact) mass is 196 g/mol. The summed E-state index contributed by atoms with van der Waals surface area (Å²) < 4.78 is 24.8. The van der Waals surface area contributed by atoms with Gasteiger partial charge in [-0.25, -0.2) is 0 Å². The third-order valence-corrected chi connectivity index (χ3v) is 1.71. The van der Waals surface area contributed by atoms with Crippen LogP contribution in [0.3, 0.4) is 0 Å². The van der Waals surface area contributed by atoms with Crippen LogP contribution in [0.5, 0.6) is 0 Å². The first-order valence-electron chi connectivity index (χ1n) is 2.83. The molecule has 0 aliphatic carbocycles. The summed E-state index contributed by atoms with van der Waals surface area (Å²) in [5, 5.41) is -3.40. The van der Waals surface area contributed by atoms with Crippen LogP contribution in [0.25, 0.3) is 0 Å². The van der Waals surface area contributed by atoms with Crippen LogP contribution in [-0.2, 0) is 5.38 Å². The van der Waals surface area contributed by atoms with E-state index in [-0.39, 0.29) is 10.6 Å². The van der Waals surface area contributed by atoms with Crippen molar-refractivity contribution in [1.82, 2.24) is 0 Å². The predicted molar refractivity (Wildman–Crippen MR) is 41.2 cm³/mol. The van der Waals surface area contributed by atoms with Crippen LogP contribution in [0.1, 0.15) is 5.56 Å². The minimum absolute atomic E-state index is 0.0208. The summed E-state index contributed by atoms with van der Waals surface area (Å²) in [5.41, 5.74) is -0.358. The van der Waals surface area contributed by atoms with Gasteiger partial charge in [0, 0.05) is 0 Å². The summed E-state index contributed by atoms with van der Waals surface area (Å²) in [6.45, 7) is 0. The van der Waals surface area contributed by atoms with E-state index >= 15 is 0 Å². The van der Waals surface area contributed by atoms with Crippen LogP contribution < -0.4 is 0 Å². The Bertz CT molecular complexity index is 255. The van der Waals surface area contributed by atoms with Crippen LogP contribution in [0.15, 0.2) is 24.3 Å². The molecule has 0 heterocycles. The van der Waals surface area contributed by atoms with Crippen molar-refractivity contribution in [2.45, 2.75) is 5.38 Å². The van der Waals surface area contributed by atoms with Crippen LogP contribution >= 0.6 is 23.2 Å². The number of benzene rings is 1. The van der Waals surface area contributed by atoms with Gasteiger partial charge in [-0.05, 0) is 17.7 Å². The molecule has 0 spiro atoms. The van der Waals surface area contributed by atoms with E-state index in [1.54, 1.807) is 6.07 Å². The molecule has 0 saturated carbocycles. The molecule has 0 saturated heterocycles. The Morgan fingerprint density at radius 3 is 2.09 bits per heavy atom. The first-order valence-corrected chi connectivity index (χ1v) is 3.59. The largest absolute Gasteiger partial charge is 0.349 e. The summed E-state index contributed by atoms with van der Waals surface area (Å²) in [4.78, 5) is 0. The van der Waals surface area contributed by atoms with Gasteiger partial charge in [-0.15, -0.1) is 0 Å². The number of alkyl halides is 3. The minimum Gasteiger partial charge on any atom is -0.183 e. The molecule has 11 heavy (non-hydrogen) atoms. The average molecular weight is 197 g/mol. The van der Waals surface area contributed by atoms with E-state index < -0.39 is 5.38 Å². The van der Waals surface area contributed by atoms with Crippen LogP contribution in [0.2, 0.25) is 5.02 Å². The lowest BCUT2D eigenvalue weighted by Gasteiger charge is -2.08. The molecule has 0 aliphatic heterocycles. The minimum atomic E-state index is -3.38. The highest BCUT2D eigenvalue weighted by Gasteiger charge is 2.29. The van der Waals surface area contributed by atoms with Gasteiger partial charge in [-0.3, -0.25) is 0 Å². The van der Waals surface area contributed by atoms with Crippen molar-refractivity contribution in [2.24, 2.45) is 0 Å². The molecule has 0 aliphatic rings. The van der Waals surface area contributed by atoms with E-state index in [1.165, 1.54) is 18.2 Å². The number of halogens is 4. The summed E-state index contributed by atoms with van der Waals surface area (Å²) in [7, 11) is 0. The van der Waals surface area contributed by atoms with Gasteiger partial charge in [-0.1, -0.05) is 29.8 Å². The summed E-state index contributed by atoms with van der Waals surface area (Å²) in [5.74, 6) is 0. The van der Waals surface area contributed by atoms with Gasteiger partial charge < -0.3 is 0 Å². The van der Waals surface area contributed by atoms with Gasteiger partial charge in [0.15, 0.2) is 0 Å². The lowest BCUT2D eigenvalue weighted by molar-refractivity contribution is 0.0952. The topological polar surface area (TPSA) is 0 Å². The fourth-order valence-electron chi connectivity index (χ4n) is 0.691. The maximum atomic E-state index is 12.4. The molecule has 1 rings (SSSR count). The first kappa shape index (κ1) is 8.75. The van der Waals surface area contributed by atoms with Crippen molar-refractivity contribution in [3.63, 3.8) is 0 Å². The Balaban J connectivity index is 3.14. The van der Waals surface area contributed by atoms with Crippen molar-refractivity contribution in [3.8, 4) is 0 Å². The maximum absolute atomic E-state index is 12.4. The van der Waals surface area contributed by atoms with Crippen molar-refractivity contribution in [1.29, 1.82) is 0 Å².